The van der Waals surface area contributed by atoms with Gasteiger partial charge in [0.05, 0.1) is 13.5 Å². The lowest BCUT2D eigenvalue weighted by Gasteiger charge is -2.32. The summed E-state index contributed by atoms with van der Waals surface area (Å²) >= 11 is 0. The normalized spacial score (nSPS) is 17.9. The first-order chi connectivity index (χ1) is 10.6. The molecule has 2 amide bonds. The molecule has 0 aromatic heterocycles. The fourth-order valence-corrected chi connectivity index (χ4v) is 2.81. The largest absolute Gasteiger partial charge is 0.497 e. The van der Waals surface area contributed by atoms with Gasteiger partial charge >= 0.3 is 0 Å². The summed E-state index contributed by atoms with van der Waals surface area (Å²) in [5, 5.41) is 2.98. The van der Waals surface area contributed by atoms with Gasteiger partial charge in [0.25, 0.3) is 0 Å². The van der Waals surface area contributed by atoms with Crippen molar-refractivity contribution in [1.29, 1.82) is 0 Å². The first kappa shape index (κ1) is 16.3. The summed E-state index contributed by atoms with van der Waals surface area (Å²) in [6.45, 7) is 3.81. The highest BCUT2D eigenvalue weighted by Gasteiger charge is 2.21. The van der Waals surface area contributed by atoms with Crippen molar-refractivity contribution in [2.45, 2.75) is 26.2 Å². The number of carbonyl (C=O) groups is 2. The van der Waals surface area contributed by atoms with E-state index in [1.54, 1.807) is 14.0 Å². The number of benzene rings is 1. The van der Waals surface area contributed by atoms with Crippen molar-refractivity contribution in [3.63, 3.8) is 0 Å². The minimum Gasteiger partial charge on any atom is -0.497 e. The quantitative estimate of drug-likeness (QED) is 0.899. The summed E-state index contributed by atoms with van der Waals surface area (Å²) in [4.78, 5) is 25.3. The van der Waals surface area contributed by atoms with Gasteiger partial charge in [0.1, 0.15) is 5.75 Å². The van der Waals surface area contributed by atoms with Gasteiger partial charge in [-0.3, -0.25) is 9.59 Å². The molecule has 1 aliphatic heterocycles. The number of ether oxygens (including phenoxy) is 1. The van der Waals surface area contributed by atoms with Crippen LogP contribution >= 0.6 is 0 Å². The number of hydrogen-bond acceptors (Lipinski definition) is 3. The van der Waals surface area contributed by atoms with E-state index in [0.717, 1.165) is 37.2 Å². The third-order valence-corrected chi connectivity index (χ3v) is 4.05. The molecule has 0 aliphatic carbocycles. The van der Waals surface area contributed by atoms with Crippen LogP contribution in [0.1, 0.15) is 25.3 Å². The molecule has 0 bridgehead atoms. The molecule has 5 heteroatoms. The SMILES string of the molecule is COc1cccc(CC(=O)NC[C@H]2CCCN(C(C)=O)C2)c1. The van der Waals surface area contributed by atoms with Crippen LogP contribution in [0.4, 0.5) is 0 Å². The number of nitrogens with one attached hydrogen (secondary N) is 1. The third kappa shape index (κ3) is 4.76. The molecule has 1 heterocycles. The Morgan fingerprint density at radius 2 is 2.23 bits per heavy atom. The van der Waals surface area contributed by atoms with Crippen molar-refractivity contribution < 1.29 is 14.3 Å². The van der Waals surface area contributed by atoms with Crippen LogP contribution in [0, 0.1) is 5.92 Å². The van der Waals surface area contributed by atoms with Crippen molar-refractivity contribution in [1.82, 2.24) is 10.2 Å². The molecule has 1 saturated heterocycles. The second-order valence-corrected chi connectivity index (χ2v) is 5.81. The summed E-state index contributed by atoms with van der Waals surface area (Å²) in [6.07, 6.45) is 2.42. The molecule has 1 N–H and O–H groups in total. The maximum absolute atomic E-state index is 12.0. The summed E-state index contributed by atoms with van der Waals surface area (Å²) in [5.74, 6) is 1.24. The predicted molar refractivity (Wildman–Crippen MR) is 84.7 cm³/mol. The van der Waals surface area contributed by atoms with Crippen LogP contribution in [0.5, 0.6) is 5.75 Å². The number of rotatable bonds is 5. The zero-order valence-electron chi connectivity index (χ0n) is 13.3. The number of hydrogen-bond donors (Lipinski definition) is 1. The van der Waals surface area contributed by atoms with Crippen LogP contribution in [0.25, 0.3) is 0 Å². The van der Waals surface area contributed by atoms with Crippen LogP contribution in [0.15, 0.2) is 24.3 Å². The molecule has 1 fully saturated rings. The first-order valence-electron chi connectivity index (χ1n) is 7.73. The summed E-state index contributed by atoms with van der Waals surface area (Å²) < 4.78 is 5.16. The van der Waals surface area contributed by atoms with E-state index in [2.05, 4.69) is 5.32 Å². The molecule has 0 spiro atoms. The molecular formula is C17H24N2O3. The molecule has 22 heavy (non-hydrogen) atoms. The number of likely N-dealkylation sites (tertiary alicyclic amines) is 1. The second-order valence-electron chi connectivity index (χ2n) is 5.81. The number of amides is 2. The Balaban J connectivity index is 1.78. The van der Waals surface area contributed by atoms with Crippen LogP contribution in [0.3, 0.4) is 0 Å². The van der Waals surface area contributed by atoms with Crippen molar-refractivity contribution in [3.8, 4) is 5.75 Å². The predicted octanol–water partition coefficient (Wildman–Crippen LogP) is 1.61. The Kier molecular flexibility index (Phi) is 5.81. The Labute approximate surface area is 131 Å². The molecule has 1 atom stereocenters. The Bertz CT molecular complexity index is 530. The van der Waals surface area contributed by atoms with E-state index < -0.39 is 0 Å². The van der Waals surface area contributed by atoms with E-state index in [1.165, 1.54) is 0 Å². The zero-order valence-corrected chi connectivity index (χ0v) is 13.3. The summed E-state index contributed by atoms with van der Waals surface area (Å²) in [6, 6.07) is 7.53. The average Bonchev–Trinajstić information content (AvgIpc) is 2.53. The topological polar surface area (TPSA) is 58.6 Å². The monoisotopic (exact) mass is 304 g/mol. The molecule has 0 radical (unpaired) electrons. The average molecular weight is 304 g/mol. The van der Waals surface area contributed by atoms with Crippen molar-refractivity contribution in [3.05, 3.63) is 29.8 Å². The lowest BCUT2D eigenvalue weighted by atomic mass is 9.98. The van der Waals surface area contributed by atoms with E-state index in [4.69, 9.17) is 4.74 Å². The van der Waals surface area contributed by atoms with E-state index in [-0.39, 0.29) is 11.8 Å². The van der Waals surface area contributed by atoms with Gasteiger partial charge in [0.2, 0.25) is 11.8 Å². The van der Waals surface area contributed by atoms with Gasteiger partial charge in [-0.15, -0.1) is 0 Å². The van der Waals surface area contributed by atoms with Gasteiger partial charge in [-0.1, -0.05) is 12.1 Å². The fourth-order valence-electron chi connectivity index (χ4n) is 2.81. The molecular weight excluding hydrogens is 280 g/mol. The lowest BCUT2D eigenvalue weighted by molar-refractivity contribution is -0.130. The number of carbonyl (C=O) groups excluding carboxylic acids is 2. The fraction of sp³-hybridized carbons (Fsp3) is 0.529. The van der Waals surface area contributed by atoms with Crippen LogP contribution < -0.4 is 10.1 Å². The zero-order chi connectivity index (χ0) is 15.9. The number of nitrogens with zero attached hydrogens (tertiary/aromatic N) is 1. The van der Waals surface area contributed by atoms with Crippen molar-refractivity contribution in [2.24, 2.45) is 5.92 Å². The highest BCUT2D eigenvalue weighted by atomic mass is 16.5. The van der Waals surface area contributed by atoms with E-state index in [0.29, 0.717) is 18.9 Å². The molecule has 120 valence electrons. The molecule has 1 aromatic rings. The first-order valence-corrected chi connectivity index (χ1v) is 7.73. The minimum atomic E-state index is 0.00759. The standard InChI is InChI=1S/C17H24N2O3/c1-13(20)19-8-4-6-15(12-19)11-18-17(21)10-14-5-3-7-16(9-14)22-2/h3,5,7,9,15H,4,6,8,10-12H2,1-2H3,(H,18,21)/t15-/m1/s1. The summed E-state index contributed by atoms with van der Waals surface area (Å²) in [5.41, 5.74) is 0.936. The van der Waals surface area contributed by atoms with Crippen LogP contribution in [0.2, 0.25) is 0 Å². The molecule has 1 aliphatic rings. The Morgan fingerprint density at radius 1 is 1.41 bits per heavy atom. The van der Waals surface area contributed by atoms with Gasteiger partial charge in [-0.25, -0.2) is 0 Å². The second kappa shape index (κ2) is 7.82. The smallest absolute Gasteiger partial charge is 0.224 e. The van der Waals surface area contributed by atoms with Gasteiger partial charge in [-0.2, -0.15) is 0 Å². The van der Waals surface area contributed by atoms with Crippen LogP contribution in [-0.2, 0) is 16.0 Å². The molecule has 1 aromatic carbocycles. The Morgan fingerprint density at radius 3 is 2.95 bits per heavy atom. The molecule has 0 unspecified atom stereocenters. The van der Waals surface area contributed by atoms with Crippen molar-refractivity contribution >= 4 is 11.8 Å². The molecule has 0 saturated carbocycles. The van der Waals surface area contributed by atoms with Crippen molar-refractivity contribution in [2.75, 3.05) is 26.7 Å². The Hall–Kier alpha value is -2.04. The van der Waals surface area contributed by atoms with Gasteiger partial charge < -0.3 is 15.0 Å². The summed E-state index contributed by atoms with van der Waals surface area (Å²) in [7, 11) is 1.61. The maximum atomic E-state index is 12.0. The van der Waals surface area contributed by atoms with E-state index in [9.17, 15) is 9.59 Å². The maximum Gasteiger partial charge on any atom is 0.224 e. The van der Waals surface area contributed by atoms with E-state index in [1.807, 2.05) is 29.2 Å². The van der Waals surface area contributed by atoms with Crippen LogP contribution in [-0.4, -0.2) is 43.5 Å². The van der Waals surface area contributed by atoms with Gasteiger partial charge in [-0.05, 0) is 36.5 Å². The molecule has 2 rings (SSSR count). The number of piperidine rings is 1. The highest BCUT2D eigenvalue weighted by Crippen LogP contribution is 2.16. The number of methoxy groups -OCH3 is 1. The van der Waals surface area contributed by atoms with E-state index >= 15 is 0 Å². The van der Waals surface area contributed by atoms with Gasteiger partial charge in [0.15, 0.2) is 0 Å². The third-order valence-electron chi connectivity index (χ3n) is 4.05. The lowest BCUT2D eigenvalue weighted by Crippen LogP contribution is -2.43. The van der Waals surface area contributed by atoms with Gasteiger partial charge in [0, 0.05) is 26.6 Å². The minimum absolute atomic E-state index is 0.00759. The molecule has 5 nitrogen and oxygen atoms in total. The highest BCUT2D eigenvalue weighted by molar-refractivity contribution is 5.78.